The van der Waals surface area contributed by atoms with Gasteiger partial charge in [0.2, 0.25) is 0 Å². The lowest BCUT2D eigenvalue weighted by molar-refractivity contribution is -0.142. The molecule has 0 unspecified atom stereocenters. The Balaban J connectivity index is 2.22. The largest absolute Gasteiger partial charge is 0.468 e. The second-order valence-electron chi connectivity index (χ2n) is 3.86. The van der Waals surface area contributed by atoms with Crippen molar-refractivity contribution in [3.8, 4) is 0 Å². The van der Waals surface area contributed by atoms with Gasteiger partial charge in [-0.3, -0.25) is 9.78 Å². The van der Waals surface area contributed by atoms with Crippen LogP contribution in [-0.4, -0.2) is 24.1 Å². The highest BCUT2D eigenvalue weighted by Crippen LogP contribution is 2.14. The van der Waals surface area contributed by atoms with Crippen molar-refractivity contribution in [3.63, 3.8) is 0 Å². The summed E-state index contributed by atoms with van der Waals surface area (Å²) in [6.07, 6.45) is 2.20. The number of ether oxygens (including phenoxy) is 1. The fraction of sp³-hybridized carbons (Fsp3) is 0.231. The average molecular weight is 230 g/mol. The highest BCUT2D eigenvalue weighted by Gasteiger charge is 2.14. The Labute approximate surface area is 99.4 Å². The molecule has 2 N–H and O–H groups in total. The highest BCUT2D eigenvalue weighted by molar-refractivity contribution is 5.79. The second kappa shape index (κ2) is 4.93. The zero-order chi connectivity index (χ0) is 12.3. The molecule has 4 heteroatoms. The van der Waals surface area contributed by atoms with Crippen molar-refractivity contribution in [2.45, 2.75) is 12.5 Å². The van der Waals surface area contributed by atoms with E-state index in [-0.39, 0.29) is 0 Å². The molecule has 88 valence electrons. The monoisotopic (exact) mass is 230 g/mol. The average Bonchev–Trinajstić information content (AvgIpc) is 2.37. The molecular formula is C13H14N2O2. The molecule has 17 heavy (non-hydrogen) atoms. The van der Waals surface area contributed by atoms with Crippen molar-refractivity contribution < 1.29 is 9.53 Å². The van der Waals surface area contributed by atoms with E-state index in [0.717, 1.165) is 16.5 Å². The van der Waals surface area contributed by atoms with Gasteiger partial charge in [0.05, 0.1) is 12.6 Å². The minimum atomic E-state index is -0.624. The standard InChI is InChI=1S/C13H14N2O2/c1-17-13(16)11(14)7-9-4-5-10-3-2-6-15-12(10)8-9/h2-6,8,11H,7,14H2,1H3/t11-/m1/s1. The van der Waals surface area contributed by atoms with Crippen LogP contribution in [0.5, 0.6) is 0 Å². The summed E-state index contributed by atoms with van der Waals surface area (Å²) < 4.78 is 4.59. The molecular weight excluding hydrogens is 216 g/mol. The Morgan fingerprint density at radius 2 is 2.29 bits per heavy atom. The maximum absolute atomic E-state index is 11.2. The lowest BCUT2D eigenvalue weighted by atomic mass is 10.0. The number of pyridine rings is 1. The zero-order valence-corrected chi connectivity index (χ0v) is 9.59. The van der Waals surface area contributed by atoms with Crippen LogP contribution in [0, 0.1) is 0 Å². The van der Waals surface area contributed by atoms with E-state index in [4.69, 9.17) is 5.73 Å². The first kappa shape index (κ1) is 11.5. The van der Waals surface area contributed by atoms with E-state index in [1.165, 1.54) is 7.11 Å². The van der Waals surface area contributed by atoms with E-state index in [2.05, 4.69) is 9.72 Å². The topological polar surface area (TPSA) is 65.2 Å². The van der Waals surface area contributed by atoms with Gasteiger partial charge in [-0.15, -0.1) is 0 Å². The van der Waals surface area contributed by atoms with Crippen molar-refractivity contribution >= 4 is 16.9 Å². The second-order valence-corrected chi connectivity index (χ2v) is 3.86. The van der Waals surface area contributed by atoms with E-state index in [0.29, 0.717) is 6.42 Å². The first-order valence-corrected chi connectivity index (χ1v) is 5.38. The summed E-state index contributed by atoms with van der Waals surface area (Å²) in [5.41, 5.74) is 7.59. The van der Waals surface area contributed by atoms with Gasteiger partial charge in [0.25, 0.3) is 0 Å². The lowest BCUT2D eigenvalue weighted by Crippen LogP contribution is -2.33. The molecule has 0 aliphatic rings. The SMILES string of the molecule is COC(=O)[C@H](N)Cc1ccc2cccnc2c1. The normalized spacial score (nSPS) is 12.4. The molecule has 1 atom stereocenters. The molecule has 1 aromatic heterocycles. The van der Waals surface area contributed by atoms with Crippen molar-refractivity contribution in [1.29, 1.82) is 0 Å². The third-order valence-electron chi connectivity index (χ3n) is 2.63. The molecule has 0 spiro atoms. The summed E-state index contributed by atoms with van der Waals surface area (Å²) in [7, 11) is 1.34. The molecule has 1 aromatic carbocycles. The number of nitrogens with two attached hydrogens (primary N) is 1. The number of fused-ring (bicyclic) bond motifs is 1. The molecule has 1 heterocycles. The number of nitrogens with zero attached hydrogens (tertiary/aromatic N) is 1. The van der Waals surface area contributed by atoms with Crippen LogP contribution >= 0.6 is 0 Å². The molecule has 0 amide bonds. The number of methoxy groups -OCH3 is 1. The number of benzene rings is 1. The smallest absolute Gasteiger partial charge is 0.322 e. The first-order chi connectivity index (χ1) is 8.20. The van der Waals surface area contributed by atoms with E-state index < -0.39 is 12.0 Å². The van der Waals surface area contributed by atoms with Gasteiger partial charge in [0, 0.05) is 11.6 Å². The van der Waals surface area contributed by atoms with Gasteiger partial charge >= 0.3 is 5.97 Å². The van der Waals surface area contributed by atoms with E-state index >= 15 is 0 Å². The van der Waals surface area contributed by atoms with Crippen LogP contribution in [0.3, 0.4) is 0 Å². The molecule has 0 saturated carbocycles. The van der Waals surface area contributed by atoms with E-state index in [1.54, 1.807) is 6.20 Å². The van der Waals surface area contributed by atoms with Gasteiger partial charge in [-0.2, -0.15) is 0 Å². The summed E-state index contributed by atoms with van der Waals surface area (Å²) in [5.74, 6) is -0.397. The van der Waals surface area contributed by atoms with Crippen molar-refractivity contribution in [2.75, 3.05) is 7.11 Å². The minimum Gasteiger partial charge on any atom is -0.468 e. The van der Waals surface area contributed by atoms with E-state index in [9.17, 15) is 4.79 Å². The number of rotatable bonds is 3. The summed E-state index contributed by atoms with van der Waals surface area (Å²) >= 11 is 0. The van der Waals surface area contributed by atoms with Crippen molar-refractivity contribution in [1.82, 2.24) is 4.98 Å². The maximum atomic E-state index is 11.2. The van der Waals surface area contributed by atoms with Crippen LogP contribution in [-0.2, 0) is 16.0 Å². The Hall–Kier alpha value is -1.94. The third-order valence-corrected chi connectivity index (χ3v) is 2.63. The summed E-state index contributed by atoms with van der Waals surface area (Å²) in [6, 6.07) is 9.13. The summed E-state index contributed by atoms with van der Waals surface area (Å²) in [4.78, 5) is 15.5. The lowest BCUT2D eigenvalue weighted by Gasteiger charge is -2.09. The number of aromatic nitrogens is 1. The van der Waals surface area contributed by atoms with Gasteiger partial charge < -0.3 is 10.5 Å². The zero-order valence-electron chi connectivity index (χ0n) is 9.59. The Kier molecular flexibility index (Phi) is 3.35. The maximum Gasteiger partial charge on any atom is 0.322 e. The van der Waals surface area contributed by atoms with Crippen LogP contribution in [0.15, 0.2) is 36.5 Å². The number of hydrogen-bond donors (Lipinski definition) is 1. The van der Waals surface area contributed by atoms with Crippen LogP contribution in [0.1, 0.15) is 5.56 Å². The molecule has 0 aliphatic carbocycles. The predicted molar refractivity (Wildman–Crippen MR) is 65.4 cm³/mol. The number of esters is 1. The van der Waals surface area contributed by atoms with Gasteiger partial charge in [-0.05, 0) is 24.1 Å². The van der Waals surface area contributed by atoms with Gasteiger partial charge in [-0.1, -0.05) is 18.2 Å². The highest BCUT2D eigenvalue weighted by atomic mass is 16.5. The molecule has 0 bridgehead atoms. The summed E-state index contributed by atoms with van der Waals surface area (Å²) in [6.45, 7) is 0. The molecule has 2 aromatic rings. The third kappa shape index (κ3) is 2.60. The molecule has 0 radical (unpaired) electrons. The number of carbonyl (C=O) groups is 1. The molecule has 0 saturated heterocycles. The van der Waals surface area contributed by atoms with Gasteiger partial charge in [0.15, 0.2) is 0 Å². The van der Waals surface area contributed by atoms with Crippen LogP contribution in [0.4, 0.5) is 0 Å². The number of carbonyl (C=O) groups excluding carboxylic acids is 1. The van der Waals surface area contributed by atoms with Crippen LogP contribution in [0.25, 0.3) is 10.9 Å². The van der Waals surface area contributed by atoms with Crippen molar-refractivity contribution in [2.24, 2.45) is 5.73 Å². The molecule has 4 nitrogen and oxygen atoms in total. The number of hydrogen-bond acceptors (Lipinski definition) is 4. The molecule has 0 aliphatic heterocycles. The minimum absolute atomic E-state index is 0.397. The quantitative estimate of drug-likeness (QED) is 0.807. The Morgan fingerprint density at radius 1 is 1.47 bits per heavy atom. The van der Waals surface area contributed by atoms with E-state index in [1.807, 2.05) is 30.3 Å². The fourth-order valence-corrected chi connectivity index (χ4v) is 1.73. The first-order valence-electron chi connectivity index (χ1n) is 5.38. The molecule has 2 rings (SSSR count). The van der Waals surface area contributed by atoms with Gasteiger partial charge in [0.1, 0.15) is 6.04 Å². The fourth-order valence-electron chi connectivity index (χ4n) is 1.73. The summed E-state index contributed by atoms with van der Waals surface area (Å²) in [5, 5.41) is 1.07. The Morgan fingerprint density at radius 3 is 3.06 bits per heavy atom. The predicted octanol–water partition coefficient (Wildman–Crippen LogP) is 1.28. The van der Waals surface area contributed by atoms with Crippen LogP contribution < -0.4 is 5.73 Å². The van der Waals surface area contributed by atoms with Crippen LogP contribution in [0.2, 0.25) is 0 Å². The van der Waals surface area contributed by atoms with Gasteiger partial charge in [-0.25, -0.2) is 0 Å². The Bertz CT molecular complexity index is 540. The van der Waals surface area contributed by atoms with Crippen molar-refractivity contribution in [3.05, 3.63) is 42.1 Å². The molecule has 0 fully saturated rings.